The van der Waals surface area contributed by atoms with Crippen LogP contribution in [0.25, 0.3) is 0 Å². The summed E-state index contributed by atoms with van der Waals surface area (Å²) in [5, 5.41) is 9.51. The van der Waals surface area contributed by atoms with Gasteiger partial charge in [-0.15, -0.1) is 0 Å². The van der Waals surface area contributed by atoms with Crippen molar-refractivity contribution in [2.75, 3.05) is 0 Å². The van der Waals surface area contributed by atoms with Gasteiger partial charge in [0.25, 0.3) is 0 Å². The van der Waals surface area contributed by atoms with Crippen LogP contribution in [0.15, 0.2) is 17.7 Å². The first-order valence-electron chi connectivity index (χ1n) is 7.98. The maximum atomic E-state index is 11.7. The molecule has 1 aliphatic heterocycles. The quantitative estimate of drug-likeness (QED) is 0.659. The number of allylic oxidation sites excluding steroid dienone is 2. The number of aryl methyl sites for hydroxylation is 1. The SMILES string of the molecule is CC1=C[C@H]2c3c(cc(C)c(C(=O)O)c3C=O)OC(C)(C)[C@@H]2CC1. The van der Waals surface area contributed by atoms with Gasteiger partial charge in [0.1, 0.15) is 11.4 Å². The first kappa shape index (κ1) is 15.8. The lowest BCUT2D eigenvalue weighted by atomic mass is 9.67. The molecule has 0 saturated heterocycles. The van der Waals surface area contributed by atoms with Crippen molar-refractivity contribution >= 4 is 12.3 Å². The molecule has 4 nitrogen and oxygen atoms in total. The Morgan fingerprint density at radius 3 is 2.70 bits per heavy atom. The number of ether oxygens (including phenoxy) is 1. The third-order valence-corrected chi connectivity index (χ3v) is 5.25. The summed E-state index contributed by atoms with van der Waals surface area (Å²) in [6.45, 7) is 7.94. The number of aldehydes is 1. The summed E-state index contributed by atoms with van der Waals surface area (Å²) in [4.78, 5) is 23.4. The van der Waals surface area contributed by atoms with Gasteiger partial charge >= 0.3 is 5.97 Å². The summed E-state index contributed by atoms with van der Waals surface area (Å²) in [6, 6.07) is 1.77. The second-order valence-corrected chi connectivity index (χ2v) is 7.21. The molecule has 4 heteroatoms. The highest BCUT2D eigenvalue weighted by molar-refractivity contribution is 6.00. The van der Waals surface area contributed by atoms with E-state index in [1.165, 1.54) is 5.57 Å². The lowest BCUT2D eigenvalue weighted by molar-refractivity contribution is 0.0113. The lowest BCUT2D eigenvalue weighted by Gasteiger charge is -2.47. The van der Waals surface area contributed by atoms with E-state index >= 15 is 0 Å². The van der Waals surface area contributed by atoms with E-state index in [9.17, 15) is 14.7 Å². The minimum absolute atomic E-state index is 0.0291. The molecule has 0 bridgehead atoms. The molecule has 0 fully saturated rings. The fourth-order valence-corrected chi connectivity index (χ4v) is 4.15. The van der Waals surface area contributed by atoms with Crippen LogP contribution in [0.1, 0.15) is 71.4 Å². The second kappa shape index (κ2) is 5.22. The van der Waals surface area contributed by atoms with Crippen molar-refractivity contribution in [1.29, 1.82) is 0 Å². The van der Waals surface area contributed by atoms with Crippen molar-refractivity contribution in [3.63, 3.8) is 0 Å². The summed E-state index contributed by atoms with van der Waals surface area (Å²) in [6.07, 6.45) is 4.85. The highest BCUT2D eigenvalue weighted by Gasteiger charge is 2.45. The Morgan fingerprint density at radius 2 is 2.09 bits per heavy atom. The molecule has 2 atom stereocenters. The van der Waals surface area contributed by atoms with Gasteiger partial charge in [0.05, 0.1) is 5.56 Å². The molecule has 1 N–H and O–H groups in total. The maximum absolute atomic E-state index is 11.7. The Morgan fingerprint density at radius 1 is 1.39 bits per heavy atom. The van der Waals surface area contributed by atoms with Gasteiger partial charge < -0.3 is 9.84 Å². The maximum Gasteiger partial charge on any atom is 0.336 e. The van der Waals surface area contributed by atoms with Crippen LogP contribution in [0, 0.1) is 12.8 Å². The minimum Gasteiger partial charge on any atom is -0.487 e. The van der Waals surface area contributed by atoms with Crippen molar-refractivity contribution in [3.05, 3.63) is 40.0 Å². The molecular weight excluding hydrogens is 292 g/mol. The summed E-state index contributed by atoms with van der Waals surface area (Å²) in [7, 11) is 0. The zero-order chi connectivity index (χ0) is 16.9. The standard InChI is InChI=1S/C19H22O4/c1-10-5-6-14-12(7-10)17-13(9-20)16(18(21)22)11(2)8-15(17)23-19(14,3)4/h7-9,12,14H,5-6H2,1-4H3,(H,21,22)/t12-,14-/m1/s1. The smallest absolute Gasteiger partial charge is 0.336 e. The zero-order valence-corrected chi connectivity index (χ0v) is 14.0. The van der Waals surface area contributed by atoms with Gasteiger partial charge in [0, 0.05) is 23.0 Å². The van der Waals surface area contributed by atoms with Crippen LogP contribution in [0.3, 0.4) is 0 Å². The first-order chi connectivity index (χ1) is 10.8. The molecule has 1 aliphatic carbocycles. The van der Waals surface area contributed by atoms with E-state index < -0.39 is 5.97 Å². The topological polar surface area (TPSA) is 63.6 Å². The normalized spacial score (nSPS) is 24.8. The van der Waals surface area contributed by atoms with Crippen molar-refractivity contribution in [2.24, 2.45) is 5.92 Å². The summed E-state index contributed by atoms with van der Waals surface area (Å²) in [5.41, 5.74) is 2.60. The van der Waals surface area contributed by atoms with Crippen molar-refractivity contribution < 1.29 is 19.4 Å². The molecule has 0 radical (unpaired) electrons. The second-order valence-electron chi connectivity index (χ2n) is 7.21. The number of carboxylic acid groups (broad SMARTS) is 1. The number of hydrogen-bond donors (Lipinski definition) is 1. The van der Waals surface area contributed by atoms with E-state index in [-0.39, 0.29) is 28.6 Å². The van der Waals surface area contributed by atoms with Gasteiger partial charge in [-0.1, -0.05) is 11.6 Å². The van der Waals surface area contributed by atoms with E-state index in [1.54, 1.807) is 13.0 Å². The van der Waals surface area contributed by atoms with Crippen LogP contribution in [0.5, 0.6) is 5.75 Å². The number of carbonyl (C=O) groups excluding carboxylic acids is 1. The first-order valence-corrected chi connectivity index (χ1v) is 7.98. The van der Waals surface area contributed by atoms with Crippen molar-refractivity contribution in [3.8, 4) is 5.75 Å². The van der Waals surface area contributed by atoms with Crippen LogP contribution in [0.2, 0.25) is 0 Å². The van der Waals surface area contributed by atoms with Crippen LogP contribution in [-0.4, -0.2) is 23.0 Å². The molecule has 0 aromatic heterocycles. The average Bonchev–Trinajstić information content (AvgIpc) is 2.44. The predicted octanol–water partition coefficient (Wildman–Crippen LogP) is 4.12. The van der Waals surface area contributed by atoms with Crippen LogP contribution in [0.4, 0.5) is 0 Å². The number of carbonyl (C=O) groups is 2. The van der Waals surface area contributed by atoms with E-state index in [0.29, 0.717) is 17.6 Å². The minimum atomic E-state index is -1.06. The number of benzene rings is 1. The molecule has 0 saturated carbocycles. The molecule has 0 amide bonds. The number of rotatable bonds is 2. The summed E-state index contributed by atoms with van der Waals surface area (Å²) < 4.78 is 6.20. The van der Waals surface area contributed by atoms with Gasteiger partial charge in [-0.25, -0.2) is 4.79 Å². The lowest BCUT2D eigenvalue weighted by Crippen LogP contribution is -2.45. The Kier molecular flexibility index (Phi) is 3.58. The fraction of sp³-hybridized carbons (Fsp3) is 0.474. The Bertz CT molecular complexity index is 727. The number of aromatic carboxylic acids is 1. The molecule has 1 aromatic rings. The Balaban J connectivity index is 2.33. The van der Waals surface area contributed by atoms with Crippen molar-refractivity contribution in [1.82, 2.24) is 0 Å². The fourth-order valence-electron chi connectivity index (χ4n) is 4.15. The van der Waals surface area contributed by atoms with Crippen molar-refractivity contribution in [2.45, 2.75) is 52.1 Å². The highest BCUT2D eigenvalue weighted by atomic mass is 16.5. The van der Waals surface area contributed by atoms with Gasteiger partial charge in [-0.3, -0.25) is 4.79 Å². The molecule has 3 rings (SSSR count). The van der Waals surface area contributed by atoms with E-state index in [2.05, 4.69) is 26.8 Å². The van der Waals surface area contributed by atoms with Crippen LogP contribution in [-0.2, 0) is 0 Å². The molecule has 122 valence electrons. The average molecular weight is 314 g/mol. The van der Waals surface area contributed by atoms with Gasteiger partial charge in [0.2, 0.25) is 0 Å². The Hall–Kier alpha value is -2.10. The number of fused-ring (bicyclic) bond motifs is 3. The predicted molar refractivity (Wildman–Crippen MR) is 87.5 cm³/mol. The Labute approximate surface area is 136 Å². The molecule has 23 heavy (non-hydrogen) atoms. The molecule has 1 heterocycles. The molecule has 1 aromatic carbocycles. The molecule has 0 spiro atoms. The molecule has 2 aliphatic rings. The number of hydrogen-bond acceptors (Lipinski definition) is 3. The van der Waals surface area contributed by atoms with Crippen LogP contribution < -0.4 is 4.74 Å². The zero-order valence-electron chi connectivity index (χ0n) is 14.0. The summed E-state index contributed by atoms with van der Waals surface area (Å²) in [5.74, 6) is -0.153. The van der Waals surface area contributed by atoms with Gasteiger partial charge in [-0.2, -0.15) is 0 Å². The monoisotopic (exact) mass is 314 g/mol. The highest BCUT2D eigenvalue weighted by Crippen LogP contribution is 2.52. The van der Waals surface area contributed by atoms with Gasteiger partial charge in [0.15, 0.2) is 6.29 Å². The molecular formula is C19H22O4. The molecule has 0 unspecified atom stereocenters. The van der Waals surface area contributed by atoms with E-state index in [4.69, 9.17) is 4.74 Å². The van der Waals surface area contributed by atoms with Crippen LogP contribution >= 0.6 is 0 Å². The number of carboxylic acids is 1. The van der Waals surface area contributed by atoms with Gasteiger partial charge in [-0.05, 0) is 52.2 Å². The summed E-state index contributed by atoms with van der Waals surface area (Å²) >= 11 is 0. The third kappa shape index (κ3) is 2.37. The van der Waals surface area contributed by atoms with E-state index in [0.717, 1.165) is 18.4 Å². The largest absolute Gasteiger partial charge is 0.487 e. The third-order valence-electron chi connectivity index (χ3n) is 5.25. The van der Waals surface area contributed by atoms with E-state index in [1.807, 2.05) is 0 Å².